The minimum Gasteiger partial charge on any atom is -0.368 e. The molecule has 0 aliphatic carbocycles. The summed E-state index contributed by atoms with van der Waals surface area (Å²) in [5.41, 5.74) is 8.67. The normalized spacial score (nSPS) is 16.6. The monoisotopic (exact) mass is 390 g/mol. The summed E-state index contributed by atoms with van der Waals surface area (Å²) in [6.07, 6.45) is 8.64. The van der Waals surface area contributed by atoms with E-state index in [9.17, 15) is 9.59 Å². The largest absolute Gasteiger partial charge is 0.368 e. The predicted molar refractivity (Wildman–Crippen MR) is 109 cm³/mol. The van der Waals surface area contributed by atoms with Gasteiger partial charge in [-0.15, -0.1) is 0 Å². The fourth-order valence-electron chi connectivity index (χ4n) is 3.61. The number of aryl methyl sites for hydroxylation is 1. The van der Waals surface area contributed by atoms with Crippen LogP contribution in [0.3, 0.4) is 0 Å². The molecule has 1 saturated heterocycles. The van der Waals surface area contributed by atoms with Crippen LogP contribution in [-0.4, -0.2) is 43.4 Å². The number of aromatic nitrogens is 4. The van der Waals surface area contributed by atoms with E-state index in [1.165, 1.54) is 10.6 Å². The van der Waals surface area contributed by atoms with E-state index in [4.69, 9.17) is 5.73 Å². The summed E-state index contributed by atoms with van der Waals surface area (Å²) < 4.78 is 1.43. The highest BCUT2D eigenvalue weighted by Crippen LogP contribution is 2.28. The average Bonchev–Trinajstić information content (AvgIpc) is 2.76. The van der Waals surface area contributed by atoms with Gasteiger partial charge >= 0.3 is 0 Å². The zero-order valence-electron chi connectivity index (χ0n) is 16.2. The maximum atomic E-state index is 12.9. The number of nitrogens with two attached hydrogens (primary N) is 1. The minimum atomic E-state index is -0.131. The second kappa shape index (κ2) is 7.83. The topological polar surface area (TPSA) is 107 Å². The van der Waals surface area contributed by atoms with Crippen molar-refractivity contribution in [3.8, 4) is 11.1 Å². The van der Waals surface area contributed by atoms with E-state index in [2.05, 4.69) is 15.0 Å². The molecule has 4 heterocycles. The van der Waals surface area contributed by atoms with Gasteiger partial charge in [0.05, 0.1) is 5.56 Å². The number of carbonyl (C=O) groups excluding carboxylic acids is 1. The first-order valence-corrected chi connectivity index (χ1v) is 9.51. The van der Waals surface area contributed by atoms with E-state index in [0.29, 0.717) is 18.7 Å². The maximum Gasteiger partial charge on any atom is 0.255 e. The molecule has 0 unspecified atom stereocenters. The number of piperidine rings is 1. The molecule has 0 aromatic carbocycles. The molecule has 8 heteroatoms. The predicted octanol–water partition coefficient (Wildman–Crippen LogP) is 1.84. The number of nitrogens with zero attached hydrogens (tertiary/aromatic N) is 5. The number of hydrogen-bond acceptors (Lipinski definition) is 6. The molecule has 0 radical (unpaired) electrons. The zero-order chi connectivity index (χ0) is 20.4. The van der Waals surface area contributed by atoms with Crippen LogP contribution in [0, 0.1) is 0 Å². The smallest absolute Gasteiger partial charge is 0.255 e. The van der Waals surface area contributed by atoms with Crippen LogP contribution in [-0.2, 0) is 7.05 Å². The van der Waals surface area contributed by atoms with Crippen LogP contribution in [0.4, 0.5) is 5.95 Å². The summed E-state index contributed by atoms with van der Waals surface area (Å²) in [6, 6.07) is 7.01. The molecule has 1 atom stereocenters. The van der Waals surface area contributed by atoms with Crippen molar-refractivity contribution in [1.82, 2.24) is 24.4 Å². The van der Waals surface area contributed by atoms with Crippen LogP contribution in [0.1, 0.15) is 34.8 Å². The number of carbonyl (C=O) groups is 1. The first kappa shape index (κ1) is 18.8. The molecule has 1 fully saturated rings. The third-order valence-electron chi connectivity index (χ3n) is 5.25. The second-order valence-corrected chi connectivity index (χ2v) is 7.26. The van der Waals surface area contributed by atoms with Gasteiger partial charge in [0.15, 0.2) is 0 Å². The Morgan fingerprint density at radius 2 is 1.83 bits per heavy atom. The minimum absolute atomic E-state index is 0.0547. The summed E-state index contributed by atoms with van der Waals surface area (Å²) in [6.45, 7) is 1.32. The van der Waals surface area contributed by atoms with Crippen molar-refractivity contribution in [2.75, 3.05) is 18.8 Å². The van der Waals surface area contributed by atoms with E-state index in [-0.39, 0.29) is 23.3 Å². The van der Waals surface area contributed by atoms with Gasteiger partial charge in [-0.1, -0.05) is 6.07 Å². The molecule has 8 nitrogen and oxygen atoms in total. The quantitative estimate of drug-likeness (QED) is 0.731. The van der Waals surface area contributed by atoms with Gasteiger partial charge in [-0.2, -0.15) is 0 Å². The van der Waals surface area contributed by atoms with Crippen molar-refractivity contribution >= 4 is 11.9 Å². The fourth-order valence-corrected chi connectivity index (χ4v) is 3.61. The van der Waals surface area contributed by atoms with Gasteiger partial charge in [-0.05, 0) is 25.0 Å². The molecule has 2 N–H and O–H groups in total. The van der Waals surface area contributed by atoms with Gasteiger partial charge in [0.2, 0.25) is 11.5 Å². The van der Waals surface area contributed by atoms with Gasteiger partial charge in [-0.25, -0.2) is 9.97 Å². The van der Waals surface area contributed by atoms with Crippen molar-refractivity contribution in [3.05, 3.63) is 70.7 Å². The Labute approximate surface area is 168 Å². The number of pyridine rings is 2. The molecule has 3 aromatic heterocycles. The summed E-state index contributed by atoms with van der Waals surface area (Å²) in [5, 5.41) is 0. The molecular formula is C21H22N6O2. The lowest BCUT2D eigenvalue weighted by Crippen LogP contribution is -2.39. The lowest BCUT2D eigenvalue weighted by molar-refractivity contribution is 0.0705. The molecule has 1 amide bonds. The van der Waals surface area contributed by atoms with Crippen LogP contribution in [0.15, 0.2) is 53.8 Å². The molecule has 0 saturated carbocycles. The van der Waals surface area contributed by atoms with Crippen molar-refractivity contribution in [3.63, 3.8) is 0 Å². The number of anilines is 1. The van der Waals surface area contributed by atoms with Crippen molar-refractivity contribution in [1.29, 1.82) is 0 Å². The molecule has 4 rings (SSSR count). The summed E-state index contributed by atoms with van der Waals surface area (Å²) >= 11 is 0. The number of hydrogen-bond donors (Lipinski definition) is 1. The van der Waals surface area contributed by atoms with E-state index in [1.54, 1.807) is 37.9 Å². The van der Waals surface area contributed by atoms with E-state index in [1.807, 2.05) is 17.0 Å². The Hall–Kier alpha value is -3.55. The standard InChI is InChI=1S/C21H22N6O2/c1-26-12-16(5-7-19(26)28)20(29)27-8-2-3-15(13-27)18-6-4-14(9-23-18)17-10-24-21(22)25-11-17/h4-7,9-12,15H,2-3,8,13H2,1H3,(H2,22,24,25)/t15-/m1/s1. The Bertz CT molecular complexity index is 1080. The Morgan fingerprint density at radius 1 is 1.07 bits per heavy atom. The maximum absolute atomic E-state index is 12.9. The highest BCUT2D eigenvalue weighted by molar-refractivity contribution is 5.94. The van der Waals surface area contributed by atoms with E-state index in [0.717, 1.165) is 29.7 Å². The number of likely N-dealkylation sites (tertiary alicyclic amines) is 1. The van der Waals surface area contributed by atoms with Gasteiger partial charge in [0, 0.05) is 73.7 Å². The highest BCUT2D eigenvalue weighted by Gasteiger charge is 2.26. The van der Waals surface area contributed by atoms with Gasteiger partial charge in [0.25, 0.3) is 5.91 Å². The molecule has 3 aromatic rings. The number of amides is 1. The van der Waals surface area contributed by atoms with Crippen molar-refractivity contribution in [2.45, 2.75) is 18.8 Å². The Morgan fingerprint density at radius 3 is 2.52 bits per heavy atom. The molecular weight excluding hydrogens is 368 g/mol. The lowest BCUT2D eigenvalue weighted by atomic mass is 9.93. The molecule has 0 bridgehead atoms. The van der Waals surface area contributed by atoms with E-state index < -0.39 is 0 Å². The summed E-state index contributed by atoms with van der Waals surface area (Å²) in [4.78, 5) is 38.9. The molecule has 1 aliphatic rings. The Kier molecular flexibility index (Phi) is 5.07. The molecule has 29 heavy (non-hydrogen) atoms. The second-order valence-electron chi connectivity index (χ2n) is 7.26. The molecule has 0 spiro atoms. The fraction of sp³-hybridized carbons (Fsp3) is 0.286. The van der Waals surface area contributed by atoms with Gasteiger partial charge in [-0.3, -0.25) is 14.6 Å². The third-order valence-corrected chi connectivity index (χ3v) is 5.25. The third kappa shape index (κ3) is 4.01. The van der Waals surface area contributed by atoms with Crippen molar-refractivity contribution in [2.24, 2.45) is 7.05 Å². The average molecular weight is 390 g/mol. The SMILES string of the molecule is Cn1cc(C(=O)N2CCC[C@@H](c3ccc(-c4cnc(N)nc4)cn3)C2)ccc1=O. The van der Waals surface area contributed by atoms with Gasteiger partial charge in [0.1, 0.15) is 0 Å². The highest BCUT2D eigenvalue weighted by atomic mass is 16.2. The first-order chi connectivity index (χ1) is 14.0. The first-order valence-electron chi connectivity index (χ1n) is 9.51. The van der Waals surface area contributed by atoms with Crippen LogP contribution in [0.2, 0.25) is 0 Å². The lowest BCUT2D eigenvalue weighted by Gasteiger charge is -2.32. The van der Waals surface area contributed by atoms with Crippen LogP contribution >= 0.6 is 0 Å². The molecule has 148 valence electrons. The zero-order valence-corrected chi connectivity index (χ0v) is 16.2. The van der Waals surface area contributed by atoms with Crippen LogP contribution in [0.25, 0.3) is 11.1 Å². The number of rotatable bonds is 3. The van der Waals surface area contributed by atoms with Crippen LogP contribution in [0.5, 0.6) is 0 Å². The Balaban J connectivity index is 1.49. The van der Waals surface area contributed by atoms with Crippen molar-refractivity contribution < 1.29 is 4.79 Å². The van der Waals surface area contributed by atoms with Gasteiger partial charge < -0.3 is 15.2 Å². The number of nitrogen functional groups attached to an aromatic ring is 1. The van der Waals surface area contributed by atoms with Crippen LogP contribution < -0.4 is 11.3 Å². The summed E-state index contributed by atoms with van der Waals surface area (Å²) in [7, 11) is 1.65. The van der Waals surface area contributed by atoms with E-state index >= 15 is 0 Å². The molecule has 1 aliphatic heterocycles. The summed E-state index contributed by atoms with van der Waals surface area (Å²) in [5.74, 6) is 0.363.